The van der Waals surface area contributed by atoms with Gasteiger partial charge in [-0.1, -0.05) is 0 Å². The lowest BCUT2D eigenvalue weighted by molar-refractivity contribution is -0.121. The lowest BCUT2D eigenvalue weighted by atomic mass is 10.2. The fourth-order valence-corrected chi connectivity index (χ4v) is 1.90. The number of anilines is 1. The molecule has 1 saturated carbocycles. The van der Waals surface area contributed by atoms with Crippen molar-refractivity contribution in [3.05, 3.63) is 30.9 Å². The molecule has 2 heterocycles. The second-order valence-corrected chi connectivity index (χ2v) is 4.72. The van der Waals surface area contributed by atoms with Crippen LogP contribution in [0.1, 0.15) is 12.8 Å². The van der Waals surface area contributed by atoms with Crippen LogP contribution in [0.2, 0.25) is 0 Å². The van der Waals surface area contributed by atoms with E-state index in [9.17, 15) is 4.79 Å². The van der Waals surface area contributed by atoms with E-state index in [0.717, 1.165) is 24.1 Å². The molecule has 0 radical (unpaired) electrons. The van der Waals surface area contributed by atoms with Gasteiger partial charge in [-0.05, 0) is 25.0 Å². The smallest absolute Gasteiger partial charge is 0.240 e. The highest BCUT2D eigenvalue weighted by atomic mass is 16.2. The summed E-state index contributed by atoms with van der Waals surface area (Å²) in [5, 5.41) is 2.96. The van der Waals surface area contributed by atoms with Crippen molar-refractivity contribution in [3.8, 4) is 11.3 Å². The topological polar surface area (TPSA) is 85.8 Å². The Hall–Kier alpha value is -2.37. The van der Waals surface area contributed by atoms with Crippen molar-refractivity contribution in [2.45, 2.75) is 25.4 Å². The molecule has 0 bridgehead atoms. The zero-order valence-electron chi connectivity index (χ0n) is 10.4. The van der Waals surface area contributed by atoms with Gasteiger partial charge in [0.2, 0.25) is 5.91 Å². The normalized spacial score (nSPS) is 14.3. The summed E-state index contributed by atoms with van der Waals surface area (Å²) >= 11 is 0. The number of imidazole rings is 1. The number of aromatic nitrogens is 3. The standard InChI is InChI=1S/C13H15N5O/c14-12-4-1-9(5-16-12)11-6-15-8-18(11)7-13(19)17-10-2-3-10/h1,4-6,8,10H,2-3,7H2,(H2,14,16)(H,17,19). The molecular formula is C13H15N5O. The molecule has 1 amide bonds. The largest absolute Gasteiger partial charge is 0.384 e. The fraction of sp³-hybridized carbons (Fsp3) is 0.308. The van der Waals surface area contributed by atoms with Crippen molar-refractivity contribution in [2.75, 3.05) is 5.73 Å². The molecule has 0 unspecified atom stereocenters. The van der Waals surface area contributed by atoms with Crippen LogP contribution in [0, 0.1) is 0 Å². The van der Waals surface area contributed by atoms with Gasteiger partial charge in [0.25, 0.3) is 0 Å². The number of nitrogens with one attached hydrogen (secondary N) is 1. The molecule has 0 aromatic carbocycles. The Morgan fingerprint density at radius 3 is 2.95 bits per heavy atom. The lowest BCUT2D eigenvalue weighted by Gasteiger charge is -2.08. The second kappa shape index (κ2) is 4.72. The average Bonchev–Trinajstić information content (AvgIpc) is 3.08. The maximum absolute atomic E-state index is 11.8. The number of rotatable bonds is 4. The van der Waals surface area contributed by atoms with Crippen molar-refractivity contribution in [3.63, 3.8) is 0 Å². The van der Waals surface area contributed by atoms with Gasteiger partial charge in [0.15, 0.2) is 0 Å². The van der Waals surface area contributed by atoms with Crippen LogP contribution in [0.4, 0.5) is 5.82 Å². The monoisotopic (exact) mass is 257 g/mol. The summed E-state index contributed by atoms with van der Waals surface area (Å²) in [6, 6.07) is 3.98. The average molecular weight is 257 g/mol. The third kappa shape index (κ3) is 2.73. The molecule has 98 valence electrons. The second-order valence-electron chi connectivity index (χ2n) is 4.72. The molecule has 0 spiro atoms. The van der Waals surface area contributed by atoms with Crippen molar-refractivity contribution < 1.29 is 4.79 Å². The van der Waals surface area contributed by atoms with Gasteiger partial charge in [0, 0.05) is 17.8 Å². The number of nitrogen functional groups attached to an aromatic ring is 1. The van der Waals surface area contributed by atoms with E-state index in [4.69, 9.17) is 5.73 Å². The summed E-state index contributed by atoms with van der Waals surface area (Å²) in [5.74, 6) is 0.492. The molecule has 6 nitrogen and oxygen atoms in total. The predicted octanol–water partition coefficient (Wildman–Crippen LogP) is 0.806. The Kier molecular flexibility index (Phi) is 2.91. The van der Waals surface area contributed by atoms with E-state index in [1.165, 1.54) is 0 Å². The third-order valence-electron chi connectivity index (χ3n) is 3.05. The van der Waals surface area contributed by atoms with Crippen LogP contribution in [0.5, 0.6) is 0 Å². The molecule has 1 aliphatic carbocycles. The van der Waals surface area contributed by atoms with Crippen molar-refractivity contribution in [1.82, 2.24) is 19.9 Å². The Morgan fingerprint density at radius 1 is 1.42 bits per heavy atom. The molecular weight excluding hydrogens is 242 g/mol. The quantitative estimate of drug-likeness (QED) is 0.848. The zero-order valence-corrected chi connectivity index (χ0v) is 10.4. The summed E-state index contributed by atoms with van der Waals surface area (Å²) in [6.45, 7) is 0.274. The van der Waals surface area contributed by atoms with Gasteiger partial charge in [-0.15, -0.1) is 0 Å². The van der Waals surface area contributed by atoms with E-state index < -0.39 is 0 Å². The first-order valence-corrected chi connectivity index (χ1v) is 6.24. The number of hydrogen-bond donors (Lipinski definition) is 2. The number of nitrogens with two attached hydrogens (primary N) is 1. The van der Waals surface area contributed by atoms with Gasteiger partial charge < -0.3 is 15.6 Å². The summed E-state index contributed by atoms with van der Waals surface area (Å²) in [4.78, 5) is 19.9. The Morgan fingerprint density at radius 2 is 2.26 bits per heavy atom. The summed E-state index contributed by atoms with van der Waals surface area (Å²) in [7, 11) is 0. The van der Waals surface area contributed by atoms with Crippen molar-refractivity contribution >= 4 is 11.7 Å². The fourth-order valence-electron chi connectivity index (χ4n) is 1.90. The van der Waals surface area contributed by atoms with Crippen molar-refractivity contribution in [2.24, 2.45) is 0 Å². The van der Waals surface area contributed by atoms with E-state index in [1.54, 1.807) is 24.8 Å². The Labute approximate surface area is 110 Å². The number of carbonyl (C=O) groups excluding carboxylic acids is 1. The summed E-state index contributed by atoms with van der Waals surface area (Å²) in [6.07, 6.45) is 7.23. The summed E-state index contributed by atoms with van der Waals surface area (Å²) < 4.78 is 1.81. The molecule has 0 atom stereocenters. The van der Waals surface area contributed by atoms with Crippen LogP contribution in [-0.2, 0) is 11.3 Å². The minimum Gasteiger partial charge on any atom is -0.384 e. The van der Waals surface area contributed by atoms with E-state index in [2.05, 4.69) is 15.3 Å². The van der Waals surface area contributed by atoms with Crippen LogP contribution in [0.15, 0.2) is 30.9 Å². The van der Waals surface area contributed by atoms with E-state index >= 15 is 0 Å². The third-order valence-corrected chi connectivity index (χ3v) is 3.05. The number of nitrogens with zero attached hydrogens (tertiary/aromatic N) is 3. The Balaban J connectivity index is 1.77. The van der Waals surface area contributed by atoms with Gasteiger partial charge in [0.05, 0.1) is 18.2 Å². The highest BCUT2D eigenvalue weighted by molar-refractivity contribution is 5.77. The number of hydrogen-bond acceptors (Lipinski definition) is 4. The number of amides is 1. The molecule has 1 aliphatic rings. The minimum absolute atomic E-state index is 0.0187. The maximum atomic E-state index is 11.8. The molecule has 2 aromatic heterocycles. The highest BCUT2D eigenvalue weighted by Crippen LogP contribution is 2.20. The molecule has 1 fully saturated rings. The minimum atomic E-state index is 0.0187. The summed E-state index contributed by atoms with van der Waals surface area (Å²) in [5.41, 5.74) is 7.32. The van der Waals surface area contributed by atoms with E-state index in [-0.39, 0.29) is 12.5 Å². The van der Waals surface area contributed by atoms with Crippen LogP contribution in [0.25, 0.3) is 11.3 Å². The first kappa shape index (κ1) is 11.7. The molecule has 2 aromatic rings. The molecule has 19 heavy (non-hydrogen) atoms. The molecule has 3 N–H and O–H groups in total. The van der Waals surface area contributed by atoms with Crippen LogP contribution in [-0.4, -0.2) is 26.5 Å². The highest BCUT2D eigenvalue weighted by Gasteiger charge is 2.23. The van der Waals surface area contributed by atoms with Crippen LogP contribution in [0.3, 0.4) is 0 Å². The molecule has 3 rings (SSSR count). The molecule has 0 aliphatic heterocycles. The van der Waals surface area contributed by atoms with Crippen LogP contribution < -0.4 is 11.1 Å². The van der Waals surface area contributed by atoms with E-state index in [1.807, 2.05) is 10.6 Å². The SMILES string of the molecule is Nc1ccc(-c2cncn2CC(=O)NC2CC2)cn1. The van der Waals surface area contributed by atoms with E-state index in [0.29, 0.717) is 11.9 Å². The first-order chi connectivity index (χ1) is 9.22. The number of carbonyl (C=O) groups is 1. The van der Waals surface area contributed by atoms with Gasteiger partial charge in [-0.2, -0.15) is 0 Å². The molecule has 0 saturated heterocycles. The predicted molar refractivity (Wildman–Crippen MR) is 71.0 cm³/mol. The van der Waals surface area contributed by atoms with Crippen LogP contribution >= 0.6 is 0 Å². The maximum Gasteiger partial charge on any atom is 0.240 e. The van der Waals surface area contributed by atoms with Gasteiger partial charge >= 0.3 is 0 Å². The molecule has 6 heteroatoms. The lowest BCUT2D eigenvalue weighted by Crippen LogP contribution is -2.29. The van der Waals surface area contributed by atoms with Gasteiger partial charge in [-0.3, -0.25) is 4.79 Å². The van der Waals surface area contributed by atoms with Gasteiger partial charge in [0.1, 0.15) is 12.4 Å². The van der Waals surface area contributed by atoms with Crippen molar-refractivity contribution in [1.29, 1.82) is 0 Å². The number of pyridine rings is 1. The first-order valence-electron chi connectivity index (χ1n) is 6.24. The zero-order chi connectivity index (χ0) is 13.2. The van der Waals surface area contributed by atoms with Gasteiger partial charge in [-0.25, -0.2) is 9.97 Å². The Bertz CT molecular complexity index is 585.